The number of thioether (sulfide) groups is 1. The van der Waals surface area contributed by atoms with Gasteiger partial charge in [-0.25, -0.2) is 23.4 Å². The molecule has 0 aromatic heterocycles. The van der Waals surface area contributed by atoms with Gasteiger partial charge in [0.2, 0.25) is 0 Å². The second kappa shape index (κ2) is 17.4. The van der Waals surface area contributed by atoms with E-state index in [1.165, 1.54) is 17.2 Å². The van der Waals surface area contributed by atoms with E-state index < -0.39 is 23.6 Å². The van der Waals surface area contributed by atoms with Crippen LogP contribution in [0.5, 0.6) is 5.75 Å². The van der Waals surface area contributed by atoms with Gasteiger partial charge < -0.3 is 24.7 Å². The monoisotopic (exact) mass is 591 g/mol. The van der Waals surface area contributed by atoms with Gasteiger partial charge in [0.1, 0.15) is 5.75 Å². The van der Waals surface area contributed by atoms with Crippen molar-refractivity contribution in [1.82, 2.24) is 9.80 Å². The number of aliphatic imine (C=N–C) groups is 1. The van der Waals surface area contributed by atoms with E-state index >= 15 is 0 Å². The van der Waals surface area contributed by atoms with Crippen molar-refractivity contribution in [2.45, 2.75) is 45.6 Å². The maximum Gasteiger partial charge on any atom is 0.328 e. The normalized spacial score (nSPS) is 14.4. The molecule has 2 aromatic rings. The fourth-order valence-electron chi connectivity index (χ4n) is 4.37. The zero-order valence-electron chi connectivity index (χ0n) is 24.0. The number of halogens is 2. The molecule has 8 nitrogen and oxygen atoms in total. The lowest BCUT2D eigenvalue weighted by molar-refractivity contribution is -0.134. The molecule has 0 bridgehead atoms. The summed E-state index contributed by atoms with van der Waals surface area (Å²) in [4.78, 5) is 29.0. The second-order valence-electron chi connectivity index (χ2n) is 9.66. The maximum atomic E-state index is 13.2. The molecule has 0 spiro atoms. The number of aryl methyl sites for hydroxylation is 2. The van der Waals surface area contributed by atoms with Crippen LogP contribution in [0.4, 0.5) is 14.5 Å². The first-order chi connectivity index (χ1) is 19.5. The number of para-hydroxylation sites is 1. The molecule has 0 aliphatic carbocycles. The summed E-state index contributed by atoms with van der Waals surface area (Å²) < 4.78 is 31.7. The van der Waals surface area contributed by atoms with Crippen LogP contribution in [-0.4, -0.2) is 82.7 Å². The molecule has 1 fully saturated rings. The summed E-state index contributed by atoms with van der Waals surface area (Å²) in [7, 11) is 2.17. The van der Waals surface area contributed by atoms with Gasteiger partial charge in [-0.3, -0.25) is 0 Å². The van der Waals surface area contributed by atoms with E-state index in [4.69, 9.17) is 19.9 Å². The molecule has 2 N–H and O–H groups in total. The Bertz CT molecular complexity index is 1180. The Morgan fingerprint density at radius 3 is 2.20 bits per heavy atom. The molecule has 1 aliphatic heterocycles. The number of hydrogen-bond acceptors (Lipinski definition) is 6. The quantitative estimate of drug-likeness (QED) is 0.152. The molecule has 0 atom stereocenters. The number of likely N-dealkylation sites (tertiary alicyclic amines) is 1. The zero-order valence-corrected chi connectivity index (χ0v) is 24.8. The van der Waals surface area contributed by atoms with Gasteiger partial charge in [0.25, 0.3) is 0 Å². The topological polar surface area (TPSA) is 103 Å². The summed E-state index contributed by atoms with van der Waals surface area (Å²) in [6.07, 6.45) is 7.36. The number of aliphatic carboxylic acids is 2. The molecule has 2 aromatic carbocycles. The van der Waals surface area contributed by atoms with Crippen LogP contribution in [0.3, 0.4) is 0 Å². The van der Waals surface area contributed by atoms with Gasteiger partial charge >= 0.3 is 11.9 Å². The summed E-state index contributed by atoms with van der Waals surface area (Å²) in [5.41, 5.74) is 3.49. The molecule has 3 rings (SSSR count). The molecule has 1 aliphatic rings. The summed E-state index contributed by atoms with van der Waals surface area (Å²) in [5.74, 6) is -3.86. The number of piperidine rings is 1. The summed E-state index contributed by atoms with van der Waals surface area (Å²) in [6, 6.07) is 10.5. The molecule has 224 valence electrons. The Labute approximate surface area is 244 Å². The predicted molar refractivity (Wildman–Crippen MR) is 159 cm³/mol. The van der Waals surface area contributed by atoms with Crippen molar-refractivity contribution in [3.63, 3.8) is 0 Å². The highest BCUT2D eigenvalue weighted by atomic mass is 32.2. The third kappa shape index (κ3) is 11.9. The Morgan fingerprint density at radius 1 is 1.05 bits per heavy atom. The number of carboxylic acid groups (broad SMARTS) is 2. The molecule has 0 amide bonds. The first-order valence-electron chi connectivity index (χ1n) is 13.4. The number of nitrogens with zero attached hydrogens (tertiary/aromatic N) is 3. The Hall–Kier alpha value is -3.44. The molecule has 41 heavy (non-hydrogen) atoms. The number of benzene rings is 2. The van der Waals surface area contributed by atoms with Crippen molar-refractivity contribution < 1.29 is 33.3 Å². The van der Waals surface area contributed by atoms with Gasteiger partial charge in [-0.1, -0.05) is 30.0 Å². The van der Waals surface area contributed by atoms with Gasteiger partial charge in [-0.2, -0.15) is 0 Å². The fraction of sp³-hybridized carbons (Fsp3) is 0.433. The van der Waals surface area contributed by atoms with E-state index in [0.717, 1.165) is 68.3 Å². The lowest BCUT2D eigenvalue weighted by atomic mass is 10.0. The Morgan fingerprint density at radius 2 is 1.66 bits per heavy atom. The van der Waals surface area contributed by atoms with Crippen molar-refractivity contribution in [2.24, 2.45) is 4.99 Å². The van der Waals surface area contributed by atoms with Crippen molar-refractivity contribution >= 4 is 34.6 Å². The standard InChI is InChI=1S/C26H35F2N3OS.C4H4O4/c1-19-8-7-9-20(2)25(19)29-26(33-4)30(3)21-12-15-31(16-13-21)14-5-6-17-32-22-10-11-23(27)24(28)18-22;5-3(6)1-2-4(7)8/h7-11,18,21H,5-6,12-17H2,1-4H3;1-2H,(H,5,6)(H,7,8)/b29-26-;2-1+. The zero-order chi connectivity index (χ0) is 30.4. The third-order valence-corrected chi connectivity index (χ3v) is 7.38. The maximum absolute atomic E-state index is 13.2. The first-order valence-corrected chi connectivity index (χ1v) is 14.6. The van der Waals surface area contributed by atoms with Gasteiger partial charge in [0.05, 0.1) is 12.3 Å². The summed E-state index contributed by atoms with van der Waals surface area (Å²) >= 11 is 1.71. The lowest BCUT2D eigenvalue weighted by Crippen LogP contribution is -2.45. The van der Waals surface area contributed by atoms with Crippen molar-refractivity contribution in [3.8, 4) is 5.75 Å². The number of unbranched alkanes of at least 4 members (excludes halogenated alkanes) is 1. The van der Waals surface area contributed by atoms with Crippen molar-refractivity contribution in [3.05, 3.63) is 71.3 Å². The molecule has 1 heterocycles. The second-order valence-corrected chi connectivity index (χ2v) is 10.4. The Balaban J connectivity index is 0.000000642. The van der Waals surface area contributed by atoms with Gasteiger partial charge in [0, 0.05) is 44.4 Å². The largest absolute Gasteiger partial charge is 0.493 e. The number of rotatable bonds is 10. The van der Waals surface area contributed by atoms with Crippen molar-refractivity contribution in [2.75, 3.05) is 39.5 Å². The average Bonchev–Trinajstić information content (AvgIpc) is 2.94. The molecule has 0 saturated carbocycles. The molecular formula is C30H39F2N3O5S. The van der Waals surface area contributed by atoms with Crippen LogP contribution in [0.15, 0.2) is 53.5 Å². The highest BCUT2D eigenvalue weighted by Crippen LogP contribution is 2.27. The number of carbonyl (C=O) groups is 2. The minimum Gasteiger partial charge on any atom is -0.493 e. The van der Waals surface area contributed by atoms with Gasteiger partial charge in [-0.15, -0.1) is 0 Å². The highest BCUT2D eigenvalue weighted by Gasteiger charge is 2.24. The summed E-state index contributed by atoms with van der Waals surface area (Å²) in [6.45, 7) is 7.92. The van der Waals surface area contributed by atoms with E-state index in [0.29, 0.717) is 30.6 Å². The van der Waals surface area contributed by atoms with Crippen LogP contribution in [-0.2, 0) is 9.59 Å². The first kappa shape index (κ1) is 33.8. The average molecular weight is 592 g/mol. The smallest absolute Gasteiger partial charge is 0.328 e. The van der Waals surface area contributed by atoms with Crippen LogP contribution in [0.2, 0.25) is 0 Å². The molecule has 0 radical (unpaired) electrons. The van der Waals surface area contributed by atoms with Crippen LogP contribution >= 0.6 is 11.8 Å². The van der Waals surface area contributed by atoms with Crippen molar-refractivity contribution in [1.29, 1.82) is 0 Å². The van der Waals surface area contributed by atoms with Crippen LogP contribution in [0.1, 0.15) is 36.8 Å². The predicted octanol–water partition coefficient (Wildman–Crippen LogP) is 5.90. The van der Waals surface area contributed by atoms with Crippen LogP contribution in [0.25, 0.3) is 0 Å². The minimum atomic E-state index is -1.26. The fourth-order valence-corrected chi connectivity index (χ4v) is 4.99. The highest BCUT2D eigenvalue weighted by molar-refractivity contribution is 8.13. The minimum absolute atomic E-state index is 0.380. The molecule has 1 saturated heterocycles. The number of amidine groups is 1. The van der Waals surface area contributed by atoms with Gasteiger partial charge in [-0.05, 0) is 75.6 Å². The number of hydrogen-bond donors (Lipinski definition) is 2. The molecular weight excluding hydrogens is 552 g/mol. The van der Waals surface area contributed by atoms with Gasteiger partial charge in [0.15, 0.2) is 16.8 Å². The number of ether oxygens (including phenoxy) is 1. The molecule has 0 unspecified atom stereocenters. The van der Waals surface area contributed by atoms with E-state index in [1.54, 1.807) is 11.8 Å². The number of carboxylic acids is 2. The summed E-state index contributed by atoms with van der Waals surface area (Å²) in [5, 5.41) is 16.7. The third-order valence-electron chi connectivity index (χ3n) is 6.63. The van der Waals surface area contributed by atoms with E-state index in [9.17, 15) is 18.4 Å². The van der Waals surface area contributed by atoms with E-state index in [1.807, 2.05) is 0 Å². The van der Waals surface area contributed by atoms with Crippen LogP contribution in [0, 0.1) is 25.5 Å². The van der Waals surface area contributed by atoms with E-state index in [-0.39, 0.29) is 0 Å². The lowest BCUT2D eigenvalue weighted by Gasteiger charge is -2.37. The van der Waals surface area contributed by atoms with E-state index in [2.05, 4.69) is 55.1 Å². The molecule has 11 heteroatoms. The SMILES string of the molecule is CS/C(=N\c1c(C)cccc1C)N(C)C1CCN(CCCCOc2ccc(F)c(F)c2)CC1.O=C(O)/C=C/C(=O)O. The Kier molecular flexibility index (Phi) is 14.3. The van der Waals surface area contributed by atoms with Crippen LogP contribution < -0.4 is 4.74 Å².